The summed E-state index contributed by atoms with van der Waals surface area (Å²) in [6.45, 7) is 2.73. The number of nitrogens with zero attached hydrogens (tertiary/aromatic N) is 2. The lowest BCUT2D eigenvalue weighted by Gasteiger charge is -2.28. The molecule has 1 saturated carbocycles. The predicted molar refractivity (Wildman–Crippen MR) is 122 cm³/mol. The maximum Gasteiger partial charge on any atom is 0.329 e. The summed E-state index contributed by atoms with van der Waals surface area (Å²) >= 11 is 0. The van der Waals surface area contributed by atoms with Crippen molar-refractivity contribution in [2.75, 3.05) is 13.2 Å². The summed E-state index contributed by atoms with van der Waals surface area (Å²) in [7, 11) is 0. The Bertz CT molecular complexity index is 1110. The molecule has 0 spiro atoms. The quantitative estimate of drug-likeness (QED) is 0.473. The van der Waals surface area contributed by atoms with Crippen molar-refractivity contribution in [3.8, 4) is 22.4 Å². The first-order valence-corrected chi connectivity index (χ1v) is 11.3. The van der Waals surface area contributed by atoms with Crippen molar-refractivity contribution in [2.24, 2.45) is 11.8 Å². The topological polar surface area (TPSA) is 64.4 Å². The largest absolute Gasteiger partial charge is 0.480 e. The minimum atomic E-state index is -0.947. The molecule has 5 nitrogen and oxygen atoms in total. The second-order valence-electron chi connectivity index (χ2n) is 8.78. The summed E-state index contributed by atoms with van der Waals surface area (Å²) in [5, 5.41) is 13.5. The van der Waals surface area contributed by atoms with Crippen molar-refractivity contribution < 1.29 is 23.4 Å². The van der Waals surface area contributed by atoms with Crippen LogP contribution in [0.5, 0.6) is 0 Å². The molecule has 0 amide bonds. The molecule has 0 bridgehead atoms. The number of halogens is 2. The highest BCUT2D eigenvalue weighted by molar-refractivity contribution is 5.83. The maximum absolute atomic E-state index is 14.7. The molecule has 2 aromatic carbocycles. The van der Waals surface area contributed by atoms with Crippen LogP contribution in [0.4, 0.5) is 8.78 Å². The molecule has 3 aromatic rings. The van der Waals surface area contributed by atoms with Gasteiger partial charge in [0.1, 0.15) is 18.2 Å². The van der Waals surface area contributed by atoms with Gasteiger partial charge in [0.2, 0.25) is 0 Å². The van der Waals surface area contributed by atoms with Gasteiger partial charge in [-0.2, -0.15) is 5.10 Å². The number of benzene rings is 2. The Kier molecular flexibility index (Phi) is 7.18. The van der Waals surface area contributed by atoms with Crippen molar-refractivity contribution in [2.45, 2.75) is 39.2 Å². The number of aryl methyl sites for hydroxylation is 1. The molecule has 0 atom stereocenters. The number of carboxylic acid groups (broad SMARTS) is 1. The second-order valence-corrected chi connectivity index (χ2v) is 8.78. The van der Waals surface area contributed by atoms with Crippen LogP contribution in [0.2, 0.25) is 0 Å². The first-order valence-electron chi connectivity index (χ1n) is 11.3. The number of hydrogen-bond donors (Lipinski definition) is 1. The normalized spacial score (nSPS) is 18.4. The van der Waals surface area contributed by atoms with E-state index in [9.17, 15) is 13.6 Å². The summed E-state index contributed by atoms with van der Waals surface area (Å²) in [6.07, 6.45) is 3.91. The van der Waals surface area contributed by atoms with Crippen LogP contribution < -0.4 is 0 Å². The van der Waals surface area contributed by atoms with Gasteiger partial charge >= 0.3 is 5.97 Å². The molecule has 0 aliphatic heterocycles. The number of rotatable bonds is 8. The summed E-state index contributed by atoms with van der Waals surface area (Å²) in [6, 6.07) is 13.2. The van der Waals surface area contributed by atoms with Gasteiger partial charge in [-0.05, 0) is 62.6 Å². The third-order valence-electron chi connectivity index (χ3n) is 6.35. The van der Waals surface area contributed by atoms with Crippen LogP contribution >= 0.6 is 0 Å². The molecule has 0 unspecified atom stereocenters. The average molecular weight is 455 g/mol. The lowest BCUT2D eigenvalue weighted by Crippen LogP contribution is -2.23. The van der Waals surface area contributed by atoms with Crippen LogP contribution in [0.25, 0.3) is 22.4 Å². The molecular weight excluding hydrogens is 426 g/mol. The van der Waals surface area contributed by atoms with Crippen molar-refractivity contribution >= 4 is 5.97 Å². The van der Waals surface area contributed by atoms with Crippen LogP contribution in [-0.4, -0.2) is 34.1 Å². The van der Waals surface area contributed by atoms with E-state index in [1.807, 2.05) is 41.9 Å². The van der Waals surface area contributed by atoms with E-state index in [2.05, 4.69) is 0 Å². The first kappa shape index (κ1) is 23.1. The Morgan fingerprint density at radius 3 is 2.48 bits per heavy atom. The minimum Gasteiger partial charge on any atom is -0.480 e. The van der Waals surface area contributed by atoms with Crippen LogP contribution in [0, 0.1) is 30.4 Å². The summed E-state index contributed by atoms with van der Waals surface area (Å²) in [5.41, 5.74) is 3.21. The van der Waals surface area contributed by atoms with E-state index in [1.54, 1.807) is 0 Å². The van der Waals surface area contributed by atoms with Gasteiger partial charge in [-0.25, -0.2) is 13.6 Å². The van der Waals surface area contributed by atoms with Crippen LogP contribution in [0.3, 0.4) is 0 Å². The number of carboxylic acids is 1. The highest BCUT2D eigenvalue weighted by atomic mass is 19.1. The molecule has 1 fully saturated rings. The zero-order valence-electron chi connectivity index (χ0n) is 18.6. The number of ether oxygens (including phenoxy) is 1. The van der Waals surface area contributed by atoms with E-state index < -0.39 is 17.6 Å². The van der Waals surface area contributed by atoms with E-state index in [-0.39, 0.29) is 12.2 Å². The van der Waals surface area contributed by atoms with Gasteiger partial charge in [0, 0.05) is 23.2 Å². The van der Waals surface area contributed by atoms with E-state index >= 15 is 0 Å². The van der Waals surface area contributed by atoms with Gasteiger partial charge in [-0.15, -0.1) is 0 Å². The van der Waals surface area contributed by atoms with E-state index in [4.69, 9.17) is 14.9 Å². The zero-order valence-corrected chi connectivity index (χ0v) is 18.6. The third kappa shape index (κ3) is 5.47. The second kappa shape index (κ2) is 10.3. The maximum atomic E-state index is 14.7. The fourth-order valence-electron chi connectivity index (χ4n) is 4.75. The average Bonchev–Trinajstić information content (AvgIpc) is 3.12. The first-order chi connectivity index (χ1) is 15.9. The monoisotopic (exact) mass is 454 g/mol. The third-order valence-corrected chi connectivity index (χ3v) is 6.35. The van der Waals surface area contributed by atoms with Gasteiger partial charge < -0.3 is 9.84 Å². The molecule has 1 N–H and O–H groups in total. The molecule has 1 aromatic heterocycles. The van der Waals surface area contributed by atoms with Crippen molar-refractivity contribution in [1.82, 2.24) is 9.78 Å². The standard InChI is InChI=1S/C26H28F2N2O3/c1-17-25(22-13-21(27)11-12-23(22)28)26(20-5-3-2-4-6-20)30(29-17)14-18-7-9-19(10-8-18)15-33-16-24(31)32/h2-6,11-13,18-19H,7-10,14-16H2,1H3,(H,31,32)/t18-,19+. The van der Waals surface area contributed by atoms with Gasteiger partial charge in [0.15, 0.2) is 0 Å². The van der Waals surface area contributed by atoms with E-state index in [0.717, 1.165) is 49.1 Å². The predicted octanol–water partition coefficient (Wildman–Crippen LogP) is 5.71. The fraction of sp³-hybridized carbons (Fsp3) is 0.385. The van der Waals surface area contributed by atoms with Crippen LogP contribution in [0.1, 0.15) is 31.4 Å². The molecule has 174 valence electrons. The molecular formula is C26H28F2N2O3. The number of aromatic nitrogens is 2. The zero-order chi connectivity index (χ0) is 23.4. The highest BCUT2D eigenvalue weighted by Gasteiger charge is 2.26. The molecule has 1 aliphatic carbocycles. The van der Waals surface area contributed by atoms with Crippen LogP contribution in [-0.2, 0) is 16.1 Å². The van der Waals surface area contributed by atoms with Crippen molar-refractivity contribution in [3.63, 3.8) is 0 Å². The molecule has 7 heteroatoms. The van der Waals surface area contributed by atoms with Gasteiger partial charge in [0.25, 0.3) is 0 Å². The highest BCUT2D eigenvalue weighted by Crippen LogP contribution is 2.38. The molecule has 0 radical (unpaired) electrons. The van der Waals surface area contributed by atoms with Gasteiger partial charge in [-0.1, -0.05) is 30.3 Å². The number of hydrogen-bond acceptors (Lipinski definition) is 3. The smallest absolute Gasteiger partial charge is 0.329 e. The molecule has 33 heavy (non-hydrogen) atoms. The summed E-state index contributed by atoms with van der Waals surface area (Å²) in [5.74, 6) is -1.14. The Labute approximate surface area is 192 Å². The molecule has 1 heterocycles. The Balaban J connectivity index is 1.58. The Hall–Kier alpha value is -3.06. The van der Waals surface area contributed by atoms with Gasteiger partial charge in [-0.3, -0.25) is 4.68 Å². The Morgan fingerprint density at radius 1 is 1.09 bits per heavy atom. The number of aliphatic carboxylic acids is 1. The fourth-order valence-corrected chi connectivity index (χ4v) is 4.75. The van der Waals surface area contributed by atoms with E-state index in [1.165, 1.54) is 6.07 Å². The van der Waals surface area contributed by atoms with Crippen molar-refractivity contribution in [1.29, 1.82) is 0 Å². The summed E-state index contributed by atoms with van der Waals surface area (Å²) < 4.78 is 36.0. The van der Waals surface area contributed by atoms with Crippen molar-refractivity contribution in [3.05, 3.63) is 65.9 Å². The molecule has 0 saturated heterocycles. The Morgan fingerprint density at radius 2 is 1.79 bits per heavy atom. The van der Waals surface area contributed by atoms with Gasteiger partial charge in [0.05, 0.1) is 18.0 Å². The lowest BCUT2D eigenvalue weighted by molar-refractivity contribution is -0.142. The summed E-state index contributed by atoms with van der Waals surface area (Å²) in [4.78, 5) is 10.6. The molecule has 4 rings (SSSR count). The lowest BCUT2D eigenvalue weighted by atomic mass is 9.82. The number of carbonyl (C=O) groups is 1. The van der Waals surface area contributed by atoms with Crippen LogP contribution in [0.15, 0.2) is 48.5 Å². The SMILES string of the molecule is Cc1nn(C[C@H]2CC[C@@H](COCC(=O)O)CC2)c(-c2ccccc2)c1-c1cc(F)ccc1F. The minimum absolute atomic E-state index is 0.219. The molecule has 1 aliphatic rings. The van der Waals surface area contributed by atoms with E-state index in [0.29, 0.717) is 36.2 Å².